The fraction of sp³-hybridized carbons (Fsp3) is 0.222. The van der Waals surface area contributed by atoms with Crippen molar-refractivity contribution in [2.24, 2.45) is 0 Å². The van der Waals surface area contributed by atoms with Gasteiger partial charge in [0, 0.05) is 5.56 Å². The average molecular weight is 166 g/mol. The molecular formula is C9H14N2O. The highest BCUT2D eigenvalue weighted by molar-refractivity contribution is 5.79. The maximum atomic E-state index is 10.2. The first-order chi connectivity index (χ1) is 5.74. The van der Waals surface area contributed by atoms with Crippen molar-refractivity contribution in [2.75, 3.05) is 11.5 Å². The van der Waals surface area contributed by atoms with Gasteiger partial charge in [0.1, 0.15) is 6.29 Å². The lowest BCUT2D eigenvalue weighted by Crippen LogP contribution is -1.94. The van der Waals surface area contributed by atoms with Gasteiger partial charge in [-0.25, -0.2) is 0 Å². The monoisotopic (exact) mass is 166 g/mol. The second kappa shape index (κ2) is 5.18. The molecule has 0 unspecified atom stereocenters. The number of anilines is 2. The molecule has 3 heteroatoms. The minimum Gasteiger partial charge on any atom is -0.397 e. The van der Waals surface area contributed by atoms with Crippen molar-refractivity contribution in [1.29, 1.82) is 0 Å². The summed E-state index contributed by atoms with van der Waals surface area (Å²) in [6, 6.07) is 4.78. The van der Waals surface area contributed by atoms with Crippen LogP contribution in [0, 0.1) is 0 Å². The molecule has 4 N–H and O–H groups in total. The minimum atomic E-state index is 0.449. The summed E-state index contributed by atoms with van der Waals surface area (Å²) in [5, 5.41) is 0. The predicted molar refractivity (Wildman–Crippen MR) is 52.0 cm³/mol. The van der Waals surface area contributed by atoms with Crippen molar-refractivity contribution in [3.05, 3.63) is 23.8 Å². The highest BCUT2D eigenvalue weighted by atomic mass is 16.1. The van der Waals surface area contributed by atoms with Gasteiger partial charge in [0.05, 0.1) is 11.4 Å². The summed E-state index contributed by atoms with van der Waals surface area (Å²) in [6.45, 7) is 4.00. The van der Waals surface area contributed by atoms with Crippen LogP contribution in [-0.2, 0) is 0 Å². The van der Waals surface area contributed by atoms with Crippen LogP contribution in [0.1, 0.15) is 24.2 Å². The zero-order valence-electron chi connectivity index (χ0n) is 7.37. The Morgan fingerprint density at radius 1 is 1.17 bits per heavy atom. The number of hydrogen-bond donors (Lipinski definition) is 2. The van der Waals surface area contributed by atoms with E-state index in [2.05, 4.69) is 0 Å². The lowest BCUT2D eigenvalue weighted by atomic mass is 10.2. The molecule has 1 aromatic rings. The molecule has 0 heterocycles. The second-order valence-corrected chi connectivity index (χ2v) is 2.01. The third-order valence-electron chi connectivity index (χ3n) is 1.25. The molecule has 0 aromatic heterocycles. The molecule has 12 heavy (non-hydrogen) atoms. The third kappa shape index (κ3) is 2.62. The number of rotatable bonds is 1. The lowest BCUT2D eigenvalue weighted by molar-refractivity contribution is 0.112. The Balaban J connectivity index is 0.000000561. The molecule has 1 rings (SSSR count). The Labute approximate surface area is 72.4 Å². The Morgan fingerprint density at radius 3 is 2.17 bits per heavy atom. The van der Waals surface area contributed by atoms with E-state index in [0.29, 0.717) is 16.9 Å². The van der Waals surface area contributed by atoms with Crippen molar-refractivity contribution in [3.8, 4) is 0 Å². The zero-order chi connectivity index (χ0) is 9.56. The van der Waals surface area contributed by atoms with Gasteiger partial charge in [0.15, 0.2) is 0 Å². The van der Waals surface area contributed by atoms with Crippen LogP contribution in [-0.4, -0.2) is 6.29 Å². The van der Waals surface area contributed by atoms with Gasteiger partial charge in [-0.3, -0.25) is 4.79 Å². The molecule has 0 aliphatic heterocycles. The van der Waals surface area contributed by atoms with Crippen molar-refractivity contribution in [2.45, 2.75) is 13.8 Å². The Bertz CT molecular complexity index is 259. The van der Waals surface area contributed by atoms with Gasteiger partial charge in [0.2, 0.25) is 0 Å². The highest BCUT2D eigenvalue weighted by Gasteiger charge is 1.93. The number of aldehydes is 1. The standard InChI is InChI=1S/C7H8N2O.C2H6/c8-6-2-1-5(4-10)3-7(6)9;1-2/h1-4H,8-9H2;1-2H3. The van der Waals surface area contributed by atoms with E-state index in [4.69, 9.17) is 11.5 Å². The van der Waals surface area contributed by atoms with Crippen LogP contribution < -0.4 is 11.5 Å². The van der Waals surface area contributed by atoms with E-state index in [1.54, 1.807) is 18.2 Å². The number of nitrogens with two attached hydrogens (primary N) is 2. The Kier molecular flexibility index (Phi) is 4.53. The molecule has 1 aromatic carbocycles. The SMILES string of the molecule is CC.Nc1ccc(C=O)cc1N. The van der Waals surface area contributed by atoms with E-state index >= 15 is 0 Å². The lowest BCUT2D eigenvalue weighted by Gasteiger charge is -1.97. The first-order valence-electron chi connectivity index (χ1n) is 3.84. The van der Waals surface area contributed by atoms with Gasteiger partial charge in [-0.2, -0.15) is 0 Å². The van der Waals surface area contributed by atoms with E-state index in [0.717, 1.165) is 6.29 Å². The van der Waals surface area contributed by atoms with Gasteiger partial charge >= 0.3 is 0 Å². The van der Waals surface area contributed by atoms with E-state index in [9.17, 15) is 4.79 Å². The number of benzene rings is 1. The summed E-state index contributed by atoms with van der Waals surface area (Å²) in [4.78, 5) is 10.2. The number of hydrogen-bond acceptors (Lipinski definition) is 3. The summed E-state index contributed by atoms with van der Waals surface area (Å²) >= 11 is 0. The fourth-order valence-electron chi connectivity index (χ4n) is 0.667. The average Bonchev–Trinajstić information content (AvgIpc) is 2.13. The molecule has 0 aliphatic carbocycles. The molecule has 3 nitrogen and oxygen atoms in total. The molecule has 0 radical (unpaired) electrons. The zero-order valence-corrected chi connectivity index (χ0v) is 7.37. The van der Waals surface area contributed by atoms with Gasteiger partial charge < -0.3 is 11.5 Å². The number of nitrogen functional groups attached to an aromatic ring is 2. The molecule has 0 saturated carbocycles. The quantitative estimate of drug-likeness (QED) is 0.492. The molecule has 0 saturated heterocycles. The maximum Gasteiger partial charge on any atom is 0.150 e. The summed E-state index contributed by atoms with van der Waals surface area (Å²) in [6.07, 6.45) is 0.732. The maximum absolute atomic E-state index is 10.2. The van der Waals surface area contributed by atoms with Crippen LogP contribution in [0.5, 0.6) is 0 Å². The van der Waals surface area contributed by atoms with E-state index in [-0.39, 0.29) is 0 Å². The van der Waals surface area contributed by atoms with Crippen molar-refractivity contribution >= 4 is 17.7 Å². The third-order valence-corrected chi connectivity index (χ3v) is 1.25. The topological polar surface area (TPSA) is 69.1 Å². The number of carbonyl (C=O) groups excluding carboxylic acids is 1. The summed E-state index contributed by atoms with van der Waals surface area (Å²) < 4.78 is 0. The highest BCUT2D eigenvalue weighted by Crippen LogP contribution is 2.14. The van der Waals surface area contributed by atoms with Crippen LogP contribution >= 0.6 is 0 Å². The smallest absolute Gasteiger partial charge is 0.150 e. The Hall–Kier alpha value is -1.51. The fourth-order valence-corrected chi connectivity index (χ4v) is 0.667. The van der Waals surface area contributed by atoms with Crippen molar-refractivity contribution in [1.82, 2.24) is 0 Å². The molecule has 0 bridgehead atoms. The normalized spacial score (nSPS) is 8.17. The molecule has 0 atom stereocenters. The van der Waals surface area contributed by atoms with Crippen LogP contribution in [0.2, 0.25) is 0 Å². The molecular weight excluding hydrogens is 152 g/mol. The molecule has 0 amide bonds. The van der Waals surface area contributed by atoms with Gasteiger partial charge in [0.25, 0.3) is 0 Å². The van der Waals surface area contributed by atoms with Gasteiger partial charge in [-0.05, 0) is 18.2 Å². The van der Waals surface area contributed by atoms with E-state index < -0.39 is 0 Å². The summed E-state index contributed by atoms with van der Waals surface area (Å²) in [7, 11) is 0. The summed E-state index contributed by atoms with van der Waals surface area (Å²) in [5.41, 5.74) is 12.3. The Morgan fingerprint density at radius 2 is 1.75 bits per heavy atom. The molecule has 0 aliphatic rings. The molecule has 0 fully saturated rings. The number of carbonyl (C=O) groups is 1. The van der Waals surface area contributed by atoms with Crippen LogP contribution in [0.25, 0.3) is 0 Å². The second-order valence-electron chi connectivity index (χ2n) is 2.01. The van der Waals surface area contributed by atoms with Crippen molar-refractivity contribution in [3.63, 3.8) is 0 Å². The van der Waals surface area contributed by atoms with Gasteiger partial charge in [-0.15, -0.1) is 0 Å². The van der Waals surface area contributed by atoms with Crippen LogP contribution in [0.15, 0.2) is 18.2 Å². The van der Waals surface area contributed by atoms with Crippen LogP contribution in [0.4, 0.5) is 11.4 Å². The first-order valence-corrected chi connectivity index (χ1v) is 3.84. The predicted octanol–water partition coefficient (Wildman–Crippen LogP) is 1.69. The van der Waals surface area contributed by atoms with Crippen molar-refractivity contribution < 1.29 is 4.79 Å². The summed E-state index contributed by atoms with van der Waals surface area (Å²) in [5.74, 6) is 0. The van der Waals surface area contributed by atoms with Crippen LogP contribution in [0.3, 0.4) is 0 Å². The largest absolute Gasteiger partial charge is 0.397 e. The molecule has 0 spiro atoms. The van der Waals surface area contributed by atoms with Gasteiger partial charge in [-0.1, -0.05) is 13.8 Å². The first kappa shape index (κ1) is 10.5. The molecule has 66 valence electrons. The minimum absolute atomic E-state index is 0.449. The van der Waals surface area contributed by atoms with E-state index in [1.807, 2.05) is 13.8 Å². The van der Waals surface area contributed by atoms with E-state index in [1.165, 1.54) is 0 Å².